The highest BCUT2D eigenvalue weighted by molar-refractivity contribution is 5.93. The van der Waals surface area contributed by atoms with Crippen LogP contribution >= 0.6 is 0 Å². The van der Waals surface area contributed by atoms with Crippen LogP contribution in [0.3, 0.4) is 0 Å². The molecule has 2 aliphatic heterocycles. The van der Waals surface area contributed by atoms with Crippen molar-refractivity contribution in [1.82, 2.24) is 61.9 Å². The van der Waals surface area contributed by atoms with E-state index in [2.05, 4.69) is 42.5 Å². The number of hydrogen-bond acceptors (Lipinski definition) is 12. The fourth-order valence-electron chi connectivity index (χ4n) is 3.69. The minimum atomic E-state index is -0.306. The minimum absolute atomic E-state index is 0.255. The van der Waals surface area contributed by atoms with Gasteiger partial charge in [-0.1, -0.05) is 10.4 Å². The van der Waals surface area contributed by atoms with Crippen LogP contribution in [-0.2, 0) is 0 Å². The lowest BCUT2D eigenvalue weighted by Gasteiger charge is -2.21. The maximum atomic E-state index is 13.1. The Labute approximate surface area is 181 Å². The van der Waals surface area contributed by atoms with Gasteiger partial charge in [0.2, 0.25) is 0 Å². The minimum Gasteiger partial charge on any atom is -0.310 e. The van der Waals surface area contributed by atoms with Crippen LogP contribution in [0.15, 0.2) is 46.5 Å². The Morgan fingerprint density at radius 1 is 0.781 bits per heavy atom. The molecule has 0 radical (unpaired) electrons. The van der Waals surface area contributed by atoms with Crippen LogP contribution in [0.5, 0.6) is 0 Å². The zero-order chi connectivity index (χ0) is 22.2. The van der Waals surface area contributed by atoms with Crippen LogP contribution in [0.1, 0.15) is 25.9 Å². The van der Waals surface area contributed by atoms with Gasteiger partial charge in [-0.3, -0.25) is 19.6 Å². The van der Waals surface area contributed by atoms with E-state index in [1.165, 1.54) is 9.36 Å². The molecule has 14 nitrogen and oxygen atoms in total. The molecule has 4 heterocycles. The number of hydrazine groups is 4. The van der Waals surface area contributed by atoms with E-state index in [4.69, 9.17) is 0 Å². The summed E-state index contributed by atoms with van der Waals surface area (Å²) in [6.07, 6.45) is 7.12. The molecule has 0 saturated carbocycles. The summed E-state index contributed by atoms with van der Waals surface area (Å²) in [5, 5.41) is 20.8. The summed E-state index contributed by atoms with van der Waals surface area (Å²) < 4.78 is 2.65. The van der Waals surface area contributed by atoms with Gasteiger partial charge in [0.05, 0.1) is 35.9 Å². The molecule has 1 aromatic carbocycles. The Kier molecular flexibility index (Phi) is 4.91. The molecule has 14 heteroatoms. The molecule has 3 aromatic rings. The van der Waals surface area contributed by atoms with Crippen molar-refractivity contribution in [1.29, 1.82) is 0 Å². The summed E-state index contributed by atoms with van der Waals surface area (Å²) >= 11 is 0. The van der Waals surface area contributed by atoms with E-state index in [-0.39, 0.29) is 23.2 Å². The van der Waals surface area contributed by atoms with Gasteiger partial charge in [-0.2, -0.15) is 0 Å². The van der Waals surface area contributed by atoms with Crippen molar-refractivity contribution in [2.75, 3.05) is 13.1 Å². The first-order valence-corrected chi connectivity index (χ1v) is 10.1. The first kappa shape index (κ1) is 19.9. The smallest absolute Gasteiger partial charge is 0.277 e. The lowest BCUT2D eigenvalue weighted by Crippen LogP contribution is -2.41. The van der Waals surface area contributed by atoms with Crippen molar-refractivity contribution < 1.29 is 0 Å². The summed E-state index contributed by atoms with van der Waals surface area (Å²) in [5.41, 5.74) is 11.6. The molecule has 0 fully saturated rings. The average Bonchev–Trinajstić information content (AvgIpc) is 3.48. The van der Waals surface area contributed by atoms with Gasteiger partial charge in [-0.05, 0) is 26.0 Å². The second-order valence-electron chi connectivity index (χ2n) is 7.71. The molecule has 0 unspecified atom stereocenters. The first-order valence-electron chi connectivity index (χ1n) is 10.1. The maximum Gasteiger partial charge on any atom is 0.277 e. The highest BCUT2D eigenvalue weighted by Gasteiger charge is 2.19. The lowest BCUT2D eigenvalue weighted by molar-refractivity contribution is 0.226. The fraction of sp³-hybridized carbons (Fsp3) is 0.333. The van der Waals surface area contributed by atoms with E-state index < -0.39 is 0 Å². The van der Waals surface area contributed by atoms with E-state index in [1.54, 1.807) is 34.6 Å². The van der Waals surface area contributed by atoms with E-state index in [0.29, 0.717) is 34.9 Å². The largest absolute Gasteiger partial charge is 0.310 e. The zero-order valence-electron chi connectivity index (χ0n) is 17.4. The van der Waals surface area contributed by atoms with Gasteiger partial charge in [-0.25, -0.2) is 9.36 Å². The molecule has 2 aliphatic rings. The molecule has 0 aliphatic carbocycles. The summed E-state index contributed by atoms with van der Waals surface area (Å²) in [6.45, 7) is 4.74. The van der Waals surface area contributed by atoms with Crippen molar-refractivity contribution >= 4 is 21.8 Å². The Balaban J connectivity index is 1.50. The predicted molar refractivity (Wildman–Crippen MR) is 115 cm³/mol. The monoisotopic (exact) mass is 438 g/mol. The molecular formula is C18H22N12O2. The molecule has 0 spiro atoms. The Hall–Kier alpha value is -4.04. The first-order chi connectivity index (χ1) is 15.5. The van der Waals surface area contributed by atoms with Gasteiger partial charge in [0.15, 0.2) is 0 Å². The number of rotatable bonds is 6. The van der Waals surface area contributed by atoms with Crippen molar-refractivity contribution in [3.8, 4) is 0 Å². The van der Waals surface area contributed by atoms with Crippen molar-refractivity contribution in [2.45, 2.75) is 25.9 Å². The number of aromatic nitrogens is 6. The third kappa shape index (κ3) is 3.50. The Morgan fingerprint density at radius 3 is 1.59 bits per heavy atom. The van der Waals surface area contributed by atoms with Crippen LogP contribution < -0.4 is 33.0 Å². The Morgan fingerprint density at radius 2 is 1.22 bits per heavy atom. The van der Waals surface area contributed by atoms with Crippen LogP contribution in [-0.4, -0.2) is 53.1 Å². The molecule has 0 amide bonds. The zero-order valence-corrected chi connectivity index (χ0v) is 17.4. The van der Waals surface area contributed by atoms with Crippen molar-refractivity contribution in [2.24, 2.45) is 0 Å². The number of nitrogens with one attached hydrogen (secondary N) is 4. The lowest BCUT2D eigenvalue weighted by atomic mass is 10.1. The summed E-state index contributed by atoms with van der Waals surface area (Å²) in [7, 11) is 0. The molecule has 5 rings (SSSR count). The van der Waals surface area contributed by atoms with Crippen LogP contribution in [0.4, 0.5) is 0 Å². The highest BCUT2D eigenvalue weighted by atomic mass is 16.1. The number of benzene rings is 1. The van der Waals surface area contributed by atoms with Gasteiger partial charge >= 0.3 is 0 Å². The number of nitrogens with zero attached hydrogens (tertiary/aromatic N) is 8. The molecule has 0 bridgehead atoms. The highest BCUT2D eigenvalue weighted by Crippen LogP contribution is 2.16. The van der Waals surface area contributed by atoms with Gasteiger partial charge in [0, 0.05) is 24.8 Å². The normalized spacial score (nSPS) is 17.2. The third-order valence-corrected chi connectivity index (χ3v) is 5.34. The molecule has 4 N–H and O–H groups in total. The number of fused-ring (bicyclic) bond motifs is 2. The second-order valence-corrected chi connectivity index (χ2v) is 7.71. The standard InChI is InChI=1S/C18H22N12O2/c1-11(9-27-5-3-19-23-27)29-17(31)13-7-16-14(8-15(13)21-25-29)18(32)30(26-22-16)12(2)10-28-6-4-20-24-28/h3-8,11-12,19-20,23-24H,9-10H2,1-2H3/t11-,12-/m1/s1. The van der Waals surface area contributed by atoms with E-state index in [0.717, 1.165) is 0 Å². The van der Waals surface area contributed by atoms with Crippen molar-refractivity contribution in [3.05, 3.63) is 57.6 Å². The molecule has 0 saturated heterocycles. The summed E-state index contributed by atoms with van der Waals surface area (Å²) in [6, 6.07) is 2.60. The fourth-order valence-corrected chi connectivity index (χ4v) is 3.69. The van der Waals surface area contributed by atoms with Crippen molar-refractivity contribution in [3.63, 3.8) is 0 Å². The van der Waals surface area contributed by atoms with Gasteiger partial charge in [0.25, 0.3) is 11.1 Å². The molecule has 32 heavy (non-hydrogen) atoms. The molecular weight excluding hydrogens is 416 g/mol. The molecule has 166 valence electrons. The van der Waals surface area contributed by atoms with Gasteiger partial charge in [0.1, 0.15) is 11.0 Å². The SMILES string of the molecule is C[C@H](CN1C=CNN1)n1nnc2cc3c(=O)n([C@H](C)CN4C=CNN4)nnc3cc2c1=O. The van der Waals surface area contributed by atoms with E-state index in [9.17, 15) is 9.59 Å². The van der Waals surface area contributed by atoms with Gasteiger partial charge in [-0.15, -0.1) is 21.3 Å². The third-order valence-electron chi connectivity index (χ3n) is 5.34. The summed E-state index contributed by atoms with van der Waals surface area (Å²) in [5.74, 6) is 0. The summed E-state index contributed by atoms with van der Waals surface area (Å²) in [4.78, 5) is 26.1. The predicted octanol–water partition coefficient (Wildman–Crippen LogP) is -1.39. The number of hydrogen-bond donors (Lipinski definition) is 4. The Bertz CT molecular complexity index is 1240. The topological polar surface area (TPSA) is 150 Å². The average molecular weight is 438 g/mol. The maximum absolute atomic E-state index is 13.1. The quantitative estimate of drug-likeness (QED) is 0.336. The van der Waals surface area contributed by atoms with E-state index in [1.807, 2.05) is 26.2 Å². The molecule has 2 aromatic heterocycles. The van der Waals surface area contributed by atoms with Crippen LogP contribution in [0.25, 0.3) is 21.8 Å². The molecule has 2 atom stereocenters. The second kappa shape index (κ2) is 7.90. The van der Waals surface area contributed by atoms with Crippen LogP contribution in [0, 0.1) is 0 Å². The van der Waals surface area contributed by atoms with Crippen LogP contribution in [0.2, 0.25) is 0 Å². The van der Waals surface area contributed by atoms with Gasteiger partial charge < -0.3 is 10.9 Å². The van der Waals surface area contributed by atoms with E-state index >= 15 is 0 Å².